The van der Waals surface area contributed by atoms with E-state index in [2.05, 4.69) is 10.6 Å². The minimum atomic E-state index is -0.426. The lowest BCUT2D eigenvalue weighted by atomic mass is 10.1. The van der Waals surface area contributed by atoms with Crippen LogP contribution in [-0.2, 0) is 13.2 Å². The predicted molar refractivity (Wildman–Crippen MR) is 104 cm³/mol. The number of nitrogens with zero attached hydrogens (tertiary/aromatic N) is 1. The van der Waals surface area contributed by atoms with Crippen molar-refractivity contribution in [2.24, 2.45) is 5.92 Å². The molecule has 1 heterocycles. The number of aliphatic hydroxyl groups is 1. The fourth-order valence-electron chi connectivity index (χ4n) is 3.15. The highest BCUT2D eigenvalue weighted by Crippen LogP contribution is 2.29. The topological polar surface area (TPSA) is 106 Å². The number of non-ortho nitro benzene ring substituents is 1. The van der Waals surface area contributed by atoms with Crippen molar-refractivity contribution in [1.82, 2.24) is 10.6 Å². The van der Waals surface area contributed by atoms with Crippen molar-refractivity contribution in [2.75, 3.05) is 26.7 Å². The van der Waals surface area contributed by atoms with Crippen LogP contribution in [0.5, 0.6) is 11.5 Å². The molecule has 8 heteroatoms. The molecule has 2 atom stereocenters. The molecule has 0 aromatic heterocycles. The summed E-state index contributed by atoms with van der Waals surface area (Å²) in [4.78, 5) is 10.3. The maximum Gasteiger partial charge on any atom is 0.269 e. The van der Waals surface area contributed by atoms with Crippen LogP contribution in [-0.4, -0.2) is 42.9 Å². The summed E-state index contributed by atoms with van der Waals surface area (Å²) >= 11 is 0. The fourth-order valence-corrected chi connectivity index (χ4v) is 3.15. The number of rotatable bonds is 9. The molecule has 2 aromatic carbocycles. The molecule has 28 heavy (non-hydrogen) atoms. The molecule has 1 saturated heterocycles. The second-order valence-electron chi connectivity index (χ2n) is 6.81. The molecule has 0 saturated carbocycles. The van der Waals surface area contributed by atoms with Gasteiger partial charge in [-0.15, -0.1) is 0 Å². The number of nitro groups is 1. The Bertz CT molecular complexity index is 797. The molecule has 0 amide bonds. The molecule has 2 unspecified atom stereocenters. The number of nitrogens with one attached hydrogen (secondary N) is 2. The van der Waals surface area contributed by atoms with Gasteiger partial charge in [0.25, 0.3) is 5.69 Å². The van der Waals surface area contributed by atoms with Crippen molar-refractivity contribution in [3.8, 4) is 11.5 Å². The molecule has 1 aliphatic rings. The Labute approximate surface area is 163 Å². The van der Waals surface area contributed by atoms with E-state index in [1.165, 1.54) is 12.1 Å². The summed E-state index contributed by atoms with van der Waals surface area (Å²) in [6.45, 7) is 3.14. The van der Waals surface area contributed by atoms with Crippen molar-refractivity contribution >= 4 is 5.69 Å². The van der Waals surface area contributed by atoms with Crippen LogP contribution < -0.4 is 20.1 Å². The van der Waals surface area contributed by atoms with Gasteiger partial charge in [0.2, 0.25) is 0 Å². The summed E-state index contributed by atoms with van der Waals surface area (Å²) in [5, 5.41) is 27.1. The number of hydrogen-bond donors (Lipinski definition) is 3. The summed E-state index contributed by atoms with van der Waals surface area (Å²) in [7, 11) is 1.58. The molecule has 0 spiro atoms. The van der Waals surface area contributed by atoms with Crippen LogP contribution in [0.2, 0.25) is 0 Å². The normalized spacial score (nSPS) is 18.8. The molecule has 2 aromatic rings. The molecule has 0 aliphatic carbocycles. The standard InChI is InChI=1S/C20H25N3O5/c1-27-19-7-4-15(9-21-10-16-11-22-12-18(16)24)8-20(19)28-13-14-2-5-17(6-3-14)23(25)26/h2-8,16,18,21-22,24H,9-13H2,1H3. The molecular formula is C20H25N3O5. The maximum absolute atomic E-state index is 10.7. The molecule has 1 aliphatic heterocycles. The zero-order chi connectivity index (χ0) is 19.9. The highest BCUT2D eigenvalue weighted by Gasteiger charge is 2.24. The summed E-state index contributed by atoms with van der Waals surface area (Å²) < 4.78 is 11.2. The van der Waals surface area contributed by atoms with E-state index in [1.54, 1.807) is 19.2 Å². The predicted octanol–water partition coefficient (Wildman–Crippen LogP) is 1.85. The summed E-state index contributed by atoms with van der Waals surface area (Å²) in [5.41, 5.74) is 1.93. The van der Waals surface area contributed by atoms with Crippen LogP contribution in [0.1, 0.15) is 11.1 Å². The fraction of sp³-hybridized carbons (Fsp3) is 0.400. The highest BCUT2D eigenvalue weighted by atomic mass is 16.6. The monoisotopic (exact) mass is 387 g/mol. The van der Waals surface area contributed by atoms with Crippen LogP contribution in [0.4, 0.5) is 5.69 Å². The average molecular weight is 387 g/mol. The Morgan fingerprint density at radius 1 is 1.18 bits per heavy atom. The Kier molecular flexibility index (Phi) is 6.80. The summed E-state index contributed by atoms with van der Waals surface area (Å²) in [5.74, 6) is 1.46. The van der Waals surface area contributed by atoms with Crippen LogP contribution in [0.25, 0.3) is 0 Å². The minimum Gasteiger partial charge on any atom is -0.493 e. The second kappa shape index (κ2) is 9.50. The zero-order valence-electron chi connectivity index (χ0n) is 15.8. The van der Waals surface area contributed by atoms with Gasteiger partial charge in [-0.05, 0) is 35.4 Å². The van der Waals surface area contributed by atoms with Crippen LogP contribution >= 0.6 is 0 Å². The number of hydrogen-bond acceptors (Lipinski definition) is 7. The van der Waals surface area contributed by atoms with Crippen molar-refractivity contribution < 1.29 is 19.5 Å². The Hall–Kier alpha value is -2.68. The van der Waals surface area contributed by atoms with Crippen LogP contribution in [0, 0.1) is 16.0 Å². The van der Waals surface area contributed by atoms with E-state index in [9.17, 15) is 15.2 Å². The van der Waals surface area contributed by atoms with Gasteiger partial charge in [0, 0.05) is 44.2 Å². The Morgan fingerprint density at radius 3 is 2.57 bits per heavy atom. The van der Waals surface area contributed by atoms with E-state index >= 15 is 0 Å². The molecule has 8 nitrogen and oxygen atoms in total. The molecule has 0 bridgehead atoms. The first-order valence-corrected chi connectivity index (χ1v) is 9.19. The first kappa shape index (κ1) is 20.1. The maximum atomic E-state index is 10.7. The Morgan fingerprint density at radius 2 is 1.93 bits per heavy atom. The Balaban J connectivity index is 1.58. The molecule has 3 N–H and O–H groups in total. The molecular weight excluding hydrogens is 362 g/mol. The lowest BCUT2D eigenvalue weighted by molar-refractivity contribution is -0.384. The first-order valence-electron chi connectivity index (χ1n) is 9.19. The number of methoxy groups -OCH3 is 1. The summed E-state index contributed by atoms with van der Waals surface area (Å²) in [6.07, 6.45) is -0.302. The molecule has 0 radical (unpaired) electrons. The van der Waals surface area contributed by atoms with Gasteiger partial charge in [-0.25, -0.2) is 0 Å². The van der Waals surface area contributed by atoms with Gasteiger partial charge in [-0.1, -0.05) is 6.07 Å². The zero-order valence-corrected chi connectivity index (χ0v) is 15.8. The van der Waals surface area contributed by atoms with Crippen molar-refractivity contribution in [1.29, 1.82) is 0 Å². The van der Waals surface area contributed by atoms with Crippen LogP contribution in [0.15, 0.2) is 42.5 Å². The smallest absolute Gasteiger partial charge is 0.269 e. The van der Waals surface area contributed by atoms with E-state index in [0.717, 1.165) is 24.2 Å². The average Bonchev–Trinajstić information content (AvgIpc) is 3.11. The van der Waals surface area contributed by atoms with Gasteiger partial charge in [0.05, 0.1) is 18.1 Å². The van der Waals surface area contributed by atoms with Crippen LogP contribution in [0.3, 0.4) is 0 Å². The van der Waals surface area contributed by atoms with Gasteiger partial charge < -0.3 is 25.2 Å². The SMILES string of the molecule is COc1ccc(CNCC2CNCC2O)cc1OCc1ccc([N+](=O)[O-])cc1. The van der Waals surface area contributed by atoms with Gasteiger partial charge in [-0.2, -0.15) is 0 Å². The molecule has 150 valence electrons. The first-order chi connectivity index (χ1) is 13.6. The molecule has 1 fully saturated rings. The third kappa shape index (κ3) is 5.19. The number of benzene rings is 2. The van der Waals surface area contributed by atoms with E-state index in [4.69, 9.17) is 9.47 Å². The van der Waals surface area contributed by atoms with E-state index in [0.29, 0.717) is 24.6 Å². The lowest BCUT2D eigenvalue weighted by Gasteiger charge is -2.15. The van der Waals surface area contributed by atoms with Gasteiger partial charge in [-0.3, -0.25) is 10.1 Å². The third-order valence-electron chi connectivity index (χ3n) is 4.81. The number of ether oxygens (including phenoxy) is 2. The van der Waals surface area contributed by atoms with E-state index < -0.39 is 4.92 Å². The second-order valence-corrected chi connectivity index (χ2v) is 6.81. The van der Waals surface area contributed by atoms with Crippen molar-refractivity contribution in [2.45, 2.75) is 19.3 Å². The van der Waals surface area contributed by atoms with Gasteiger partial charge in [0.15, 0.2) is 11.5 Å². The number of aliphatic hydroxyl groups excluding tert-OH is 1. The minimum absolute atomic E-state index is 0.0528. The third-order valence-corrected chi connectivity index (χ3v) is 4.81. The largest absolute Gasteiger partial charge is 0.493 e. The lowest BCUT2D eigenvalue weighted by Crippen LogP contribution is -2.30. The van der Waals surface area contributed by atoms with Crippen molar-refractivity contribution in [3.63, 3.8) is 0 Å². The van der Waals surface area contributed by atoms with Gasteiger partial charge in [0.1, 0.15) is 6.61 Å². The van der Waals surface area contributed by atoms with E-state index in [-0.39, 0.29) is 24.3 Å². The van der Waals surface area contributed by atoms with E-state index in [1.807, 2.05) is 18.2 Å². The highest BCUT2D eigenvalue weighted by molar-refractivity contribution is 5.43. The summed E-state index contributed by atoms with van der Waals surface area (Å²) in [6, 6.07) is 12.0. The molecule has 3 rings (SSSR count). The quantitative estimate of drug-likeness (QED) is 0.445. The number of β-amino-alcohol motifs (C(OH)–C–C–N with tert-alkyl or cyclic N) is 1. The van der Waals surface area contributed by atoms with Gasteiger partial charge >= 0.3 is 0 Å². The van der Waals surface area contributed by atoms with Crippen molar-refractivity contribution in [3.05, 3.63) is 63.7 Å². The number of nitro benzene ring substituents is 1.